The first-order valence-corrected chi connectivity index (χ1v) is 4.92. The van der Waals surface area contributed by atoms with E-state index in [4.69, 9.17) is 0 Å². The maximum atomic E-state index is 2.20. The van der Waals surface area contributed by atoms with Crippen LogP contribution in [0.15, 0.2) is 11.4 Å². The Morgan fingerprint density at radius 1 is 1.30 bits per heavy atom. The summed E-state index contributed by atoms with van der Waals surface area (Å²) in [5, 5.41) is 2.16. The largest absolute Gasteiger partial charge is 0.143 e. The first-order valence-electron chi connectivity index (χ1n) is 3.22. The van der Waals surface area contributed by atoms with Crippen LogP contribution in [0.25, 0.3) is 9.40 Å². The van der Waals surface area contributed by atoms with Gasteiger partial charge in [-0.15, -0.1) is 22.7 Å². The van der Waals surface area contributed by atoms with Gasteiger partial charge in [0.05, 0.1) is 0 Å². The van der Waals surface area contributed by atoms with Crippen molar-refractivity contribution in [2.45, 2.75) is 13.8 Å². The average Bonchev–Trinajstić information content (AvgIpc) is 2.41. The van der Waals surface area contributed by atoms with E-state index in [1.165, 1.54) is 19.8 Å². The Bertz CT molecular complexity index is 354. The molecule has 0 unspecified atom stereocenters. The van der Waals surface area contributed by atoms with Crippen LogP contribution in [0.4, 0.5) is 0 Å². The number of thiophene rings is 2. The van der Waals surface area contributed by atoms with E-state index in [-0.39, 0.29) is 0 Å². The smallest absolute Gasteiger partial charge is 0.0482 e. The summed E-state index contributed by atoms with van der Waals surface area (Å²) in [6.07, 6.45) is 0. The van der Waals surface area contributed by atoms with Crippen molar-refractivity contribution in [1.82, 2.24) is 0 Å². The molecule has 0 fully saturated rings. The number of hydrogen-bond donors (Lipinski definition) is 0. The van der Waals surface area contributed by atoms with Gasteiger partial charge < -0.3 is 0 Å². The van der Waals surface area contributed by atoms with E-state index < -0.39 is 0 Å². The van der Waals surface area contributed by atoms with Crippen LogP contribution in [-0.2, 0) is 0 Å². The van der Waals surface area contributed by atoms with Crippen molar-refractivity contribution in [3.05, 3.63) is 21.9 Å². The number of rotatable bonds is 0. The first-order chi connectivity index (χ1) is 4.79. The summed E-state index contributed by atoms with van der Waals surface area (Å²) >= 11 is 3.74. The fourth-order valence-electron chi connectivity index (χ4n) is 1.05. The van der Waals surface area contributed by atoms with Gasteiger partial charge in [-0.1, -0.05) is 0 Å². The third kappa shape index (κ3) is 0.724. The van der Waals surface area contributed by atoms with E-state index in [2.05, 4.69) is 25.3 Å². The minimum absolute atomic E-state index is 1.44. The molecule has 2 heterocycles. The van der Waals surface area contributed by atoms with E-state index in [1.54, 1.807) is 0 Å². The molecule has 0 spiro atoms. The molecule has 0 saturated carbocycles. The van der Waals surface area contributed by atoms with Crippen molar-refractivity contribution in [3.8, 4) is 0 Å². The molecule has 0 bridgehead atoms. The summed E-state index contributed by atoms with van der Waals surface area (Å²) in [6, 6.07) is 2.20. The lowest BCUT2D eigenvalue weighted by Gasteiger charge is -1.83. The second-order valence-electron chi connectivity index (χ2n) is 2.40. The summed E-state index contributed by atoms with van der Waals surface area (Å²) in [5.74, 6) is 0. The van der Waals surface area contributed by atoms with Crippen molar-refractivity contribution in [1.29, 1.82) is 0 Å². The molecular weight excluding hydrogens is 160 g/mol. The van der Waals surface area contributed by atoms with Crippen molar-refractivity contribution in [2.24, 2.45) is 0 Å². The zero-order valence-corrected chi connectivity index (χ0v) is 7.60. The molecule has 0 aromatic carbocycles. The molecule has 0 atom stereocenters. The summed E-state index contributed by atoms with van der Waals surface area (Å²) in [4.78, 5) is 1.46. The molecule has 2 heteroatoms. The average molecular weight is 168 g/mol. The minimum Gasteiger partial charge on any atom is -0.143 e. The van der Waals surface area contributed by atoms with Crippen LogP contribution in [0.3, 0.4) is 0 Å². The third-order valence-corrected chi connectivity index (χ3v) is 4.10. The number of hydrogen-bond acceptors (Lipinski definition) is 2. The zero-order valence-electron chi connectivity index (χ0n) is 5.97. The lowest BCUT2D eigenvalue weighted by Crippen LogP contribution is -1.63. The van der Waals surface area contributed by atoms with Crippen molar-refractivity contribution < 1.29 is 0 Å². The Morgan fingerprint density at radius 3 is 2.80 bits per heavy atom. The monoisotopic (exact) mass is 168 g/mol. The molecule has 0 radical (unpaired) electrons. The second kappa shape index (κ2) is 2.07. The Kier molecular flexibility index (Phi) is 1.32. The fraction of sp³-hybridized carbons (Fsp3) is 0.250. The van der Waals surface area contributed by atoms with Gasteiger partial charge in [-0.05, 0) is 30.9 Å². The first kappa shape index (κ1) is 6.38. The summed E-state index contributed by atoms with van der Waals surface area (Å²) < 4.78 is 2.92. The Morgan fingerprint density at radius 2 is 2.10 bits per heavy atom. The van der Waals surface area contributed by atoms with Crippen LogP contribution in [0, 0.1) is 13.8 Å². The Balaban J connectivity index is 2.95. The van der Waals surface area contributed by atoms with E-state index >= 15 is 0 Å². The van der Waals surface area contributed by atoms with Gasteiger partial charge in [0.25, 0.3) is 0 Å². The van der Waals surface area contributed by atoms with Crippen LogP contribution in [-0.4, -0.2) is 0 Å². The maximum absolute atomic E-state index is 2.20. The molecule has 10 heavy (non-hydrogen) atoms. The zero-order chi connectivity index (χ0) is 7.14. The molecular formula is C8H8S2. The van der Waals surface area contributed by atoms with Gasteiger partial charge in [-0.3, -0.25) is 0 Å². The molecule has 2 aromatic heterocycles. The maximum Gasteiger partial charge on any atom is 0.0482 e. The SMILES string of the molecule is Cc1sc2ccsc2c1C. The van der Waals surface area contributed by atoms with Gasteiger partial charge >= 0.3 is 0 Å². The van der Waals surface area contributed by atoms with Crippen LogP contribution >= 0.6 is 22.7 Å². The molecule has 0 nitrogen and oxygen atoms in total. The molecule has 0 aliphatic carbocycles. The highest BCUT2D eigenvalue weighted by atomic mass is 32.1. The van der Waals surface area contributed by atoms with Gasteiger partial charge in [-0.25, -0.2) is 0 Å². The lowest BCUT2D eigenvalue weighted by molar-refractivity contribution is 1.48. The molecule has 0 N–H and O–H groups in total. The molecule has 0 aliphatic heterocycles. The summed E-state index contributed by atoms with van der Waals surface area (Å²) in [5.41, 5.74) is 1.47. The van der Waals surface area contributed by atoms with Gasteiger partial charge in [0.15, 0.2) is 0 Å². The normalized spacial score (nSPS) is 11.0. The predicted octanol–water partition coefficient (Wildman–Crippen LogP) is 3.58. The fourth-order valence-corrected chi connectivity index (χ4v) is 3.29. The van der Waals surface area contributed by atoms with E-state index in [9.17, 15) is 0 Å². The highest BCUT2D eigenvalue weighted by Gasteiger charge is 2.03. The van der Waals surface area contributed by atoms with Crippen LogP contribution < -0.4 is 0 Å². The summed E-state index contributed by atoms with van der Waals surface area (Å²) in [6.45, 7) is 4.39. The van der Waals surface area contributed by atoms with Crippen molar-refractivity contribution in [3.63, 3.8) is 0 Å². The predicted molar refractivity (Wildman–Crippen MR) is 49.2 cm³/mol. The highest BCUT2D eigenvalue weighted by molar-refractivity contribution is 7.27. The van der Waals surface area contributed by atoms with Crippen molar-refractivity contribution in [2.75, 3.05) is 0 Å². The minimum atomic E-state index is 1.44. The highest BCUT2D eigenvalue weighted by Crippen LogP contribution is 2.33. The Hall–Kier alpha value is -0.340. The molecule has 0 saturated heterocycles. The van der Waals surface area contributed by atoms with Crippen molar-refractivity contribution >= 4 is 32.1 Å². The number of fused-ring (bicyclic) bond motifs is 1. The van der Waals surface area contributed by atoms with Gasteiger partial charge in [0, 0.05) is 14.3 Å². The van der Waals surface area contributed by atoms with E-state index in [1.807, 2.05) is 22.7 Å². The molecule has 0 aliphatic rings. The lowest BCUT2D eigenvalue weighted by atomic mass is 10.3. The third-order valence-electron chi connectivity index (χ3n) is 1.76. The van der Waals surface area contributed by atoms with Gasteiger partial charge in [0.2, 0.25) is 0 Å². The topological polar surface area (TPSA) is 0 Å². The molecule has 0 amide bonds. The van der Waals surface area contributed by atoms with Crippen LogP contribution in [0.5, 0.6) is 0 Å². The van der Waals surface area contributed by atoms with Gasteiger partial charge in [0.1, 0.15) is 0 Å². The second-order valence-corrected chi connectivity index (χ2v) is 4.57. The van der Waals surface area contributed by atoms with Crippen LogP contribution in [0.1, 0.15) is 10.4 Å². The molecule has 2 aromatic rings. The standard InChI is InChI=1S/C8H8S2/c1-5-6(2)10-7-3-4-9-8(5)7/h3-4H,1-2H3. The summed E-state index contributed by atoms with van der Waals surface area (Å²) in [7, 11) is 0. The number of aryl methyl sites for hydroxylation is 2. The van der Waals surface area contributed by atoms with Gasteiger partial charge in [-0.2, -0.15) is 0 Å². The van der Waals surface area contributed by atoms with E-state index in [0.29, 0.717) is 0 Å². The Labute approximate surface area is 68.1 Å². The molecule has 52 valence electrons. The van der Waals surface area contributed by atoms with Crippen LogP contribution in [0.2, 0.25) is 0 Å². The van der Waals surface area contributed by atoms with E-state index in [0.717, 1.165) is 0 Å². The molecule has 2 rings (SSSR count). The quantitative estimate of drug-likeness (QED) is 0.564.